The van der Waals surface area contributed by atoms with E-state index in [-0.39, 0.29) is 6.42 Å². The van der Waals surface area contributed by atoms with Crippen LogP contribution in [0.15, 0.2) is 18.5 Å². The highest BCUT2D eigenvalue weighted by atomic mass is 16.4. The van der Waals surface area contributed by atoms with E-state index in [4.69, 9.17) is 5.11 Å². The van der Waals surface area contributed by atoms with Crippen molar-refractivity contribution >= 4 is 11.7 Å². The number of carbonyl (C=O) groups is 1. The van der Waals surface area contributed by atoms with Crippen LogP contribution in [0.5, 0.6) is 0 Å². The highest BCUT2D eigenvalue weighted by Gasteiger charge is 2.21. The van der Waals surface area contributed by atoms with E-state index in [1.807, 2.05) is 26.8 Å². The van der Waals surface area contributed by atoms with Crippen LogP contribution in [0.4, 0.5) is 5.69 Å². The molecule has 82 valence electrons. The summed E-state index contributed by atoms with van der Waals surface area (Å²) in [7, 11) is 0. The number of nitrogens with one attached hydrogen (secondary N) is 1. The summed E-state index contributed by atoms with van der Waals surface area (Å²) in [4.78, 5) is 14.6. The van der Waals surface area contributed by atoms with Crippen LogP contribution >= 0.6 is 0 Å². The van der Waals surface area contributed by atoms with Gasteiger partial charge in [-0.15, -0.1) is 0 Å². The number of nitrogens with zero attached hydrogens (tertiary/aromatic N) is 1. The Morgan fingerprint density at radius 3 is 2.80 bits per heavy atom. The van der Waals surface area contributed by atoms with Crippen molar-refractivity contribution in [3.05, 3.63) is 24.0 Å². The zero-order valence-corrected chi connectivity index (χ0v) is 9.24. The third-order valence-corrected chi connectivity index (χ3v) is 2.09. The van der Waals surface area contributed by atoms with Crippen molar-refractivity contribution in [3.8, 4) is 0 Å². The predicted octanol–water partition coefficient (Wildman–Crippen LogP) is 2.06. The molecule has 1 heterocycles. The van der Waals surface area contributed by atoms with E-state index in [9.17, 15) is 4.79 Å². The Kier molecular flexibility index (Phi) is 3.29. The number of pyridine rings is 1. The molecule has 2 N–H and O–H groups in total. The Morgan fingerprint density at radius 2 is 2.27 bits per heavy atom. The number of aryl methyl sites for hydroxylation is 1. The molecule has 0 amide bonds. The molecule has 0 unspecified atom stereocenters. The molecule has 1 aromatic heterocycles. The molecule has 0 spiro atoms. The summed E-state index contributed by atoms with van der Waals surface area (Å²) in [5, 5.41) is 11.9. The van der Waals surface area contributed by atoms with Crippen molar-refractivity contribution in [1.82, 2.24) is 4.98 Å². The monoisotopic (exact) mass is 208 g/mol. The average molecular weight is 208 g/mol. The zero-order valence-electron chi connectivity index (χ0n) is 9.24. The van der Waals surface area contributed by atoms with E-state index >= 15 is 0 Å². The van der Waals surface area contributed by atoms with Gasteiger partial charge >= 0.3 is 5.97 Å². The first-order chi connectivity index (χ1) is 6.91. The second-order valence-corrected chi connectivity index (χ2v) is 4.27. The van der Waals surface area contributed by atoms with Gasteiger partial charge in [0, 0.05) is 23.6 Å². The Morgan fingerprint density at radius 1 is 1.60 bits per heavy atom. The lowest BCUT2D eigenvalue weighted by Gasteiger charge is -2.26. The molecule has 1 aromatic rings. The number of carboxylic acid groups (broad SMARTS) is 1. The molecule has 15 heavy (non-hydrogen) atoms. The van der Waals surface area contributed by atoms with E-state index in [2.05, 4.69) is 10.3 Å². The lowest BCUT2D eigenvalue weighted by Crippen LogP contribution is -2.33. The Labute approximate surface area is 89.3 Å². The fourth-order valence-electron chi connectivity index (χ4n) is 1.40. The molecule has 0 saturated carbocycles. The van der Waals surface area contributed by atoms with Gasteiger partial charge in [-0.3, -0.25) is 9.78 Å². The van der Waals surface area contributed by atoms with E-state index < -0.39 is 11.5 Å². The largest absolute Gasteiger partial charge is 0.481 e. The van der Waals surface area contributed by atoms with Gasteiger partial charge in [-0.1, -0.05) is 0 Å². The fraction of sp³-hybridized carbons (Fsp3) is 0.455. The molecule has 0 aliphatic heterocycles. The van der Waals surface area contributed by atoms with Crippen LogP contribution < -0.4 is 5.32 Å². The summed E-state index contributed by atoms with van der Waals surface area (Å²) in [6, 6.07) is 1.85. The van der Waals surface area contributed by atoms with Gasteiger partial charge < -0.3 is 10.4 Å². The number of hydrogen-bond acceptors (Lipinski definition) is 3. The maximum atomic E-state index is 10.6. The van der Waals surface area contributed by atoms with Crippen LogP contribution in [0.2, 0.25) is 0 Å². The molecule has 0 aromatic carbocycles. The minimum absolute atomic E-state index is 0.0781. The lowest BCUT2D eigenvalue weighted by molar-refractivity contribution is -0.137. The molecule has 0 radical (unpaired) electrons. The van der Waals surface area contributed by atoms with Gasteiger partial charge in [0.15, 0.2) is 0 Å². The molecule has 4 heteroatoms. The summed E-state index contributed by atoms with van der Waals surface area (Å²) in [6.45, 7) is 5.66. The van der Waals surface area contributed by atoms with Gasteiger partial charge in [-0.05, 0) is 32.4 Å². The van der Waals surface area contributed by atoms with Crippen molar-refractivity contribution < 1.29 is 9.90 Å². The second kappa shape index (κ2) is 4.29. The van der Waals surface area contributed by atoms with Crippen LogP contribution in [0.25, 0.3) is 0 Å². The minimum atomic E-state index is -0.806. The molecular formula is C11H16N2O2. The van der Waals surface area contributed by atoms with Gasteiger partial charge in [0.2, 0.25) is 0 Å². The number of rotatable bonds is 4. The van der Waals surface area contributed by atoms with Crippen molar-refractivity contribution in [2.45, 2.75) is 32.7 Å². The fourth-order valence-corrected chi connectivity index (χ4v) is 1.40. The Bertz CT molecular complexity index is 361. The van der Waals surface area contributed by atoms with Crippen molar-refractivity contribution in [3.63, 3.8) is 0 Å². The summed E-state index contributed by atoms with van der Waals surface area (Å²) >= 11 is 0. The number of anilines is 1. The number of carboxylic acids is 1. The molecular weight excluding hydrogens is 192 g/mol. The van der Waals surface area contributed by atoms with Crippen molar-refractivity contribution in [2.75, 3.05) is 5.32 Å². The standard InChI is InChI=1S/C11H16N2O2/c1-8-7-12-5-4-9(8)13-11(2,3)6-10(14)15/h4-5,7H,6H2,1-3H3,(H,12,13)(H,14,15). The molecule has 0 atom stereocenters. The molecule has 0 aliphatic carbocycles. The van der Waals surface area contributed by atoms with E-state index in [0.717, 1.165) is 11.3 Å². The number of aliphatic carboxylic acids is 1. The van der Waals surface area contributed by atoms with Crippen LogP contribution in [-0.2, 0) is 4.79 Å². The summed E-state index contributed by atoms with van der Waals surface area (Å²) in [5.41, 5.74) is 1.48. The zero-order chi connectivity index (χ0) is 11.5. The van der Waals surface area contributed by atoms with Crippen LogP contribution in [0, 0.1) is 6.92 Å². The topological polar surface area (TPSA) is 62.2 Å². The first-order valence-corrected chi connectivity index (χ1v) is 4.81. The molecule has 0 bridgehead atoms. The first kappa shape index (κ1) is 11.5. The van der Waals surface area contributed by atoms with E-state index in [0.29, 0.717) is 0 Å². The Hall–Kier alpha value is -1.58. The van der Waals surface area contributed by atoms with Gasteiger partial charge in [0.1, 0.15) is 0 Å². The maximum Gasteiger partial charge on any atom is 0.305 e. The summed E-state index contributed by atoms with van der Waals surface area (Å²) in [5.74, 6) is -0.806. The average Bonchev–Trinajstić information content (AvgIpc) is 2.06. The summed E-state index contributed by atoms with van der Waals surface area (Å²) < 4.78 is 0. The lowest BCUT2D eigenvalue weighted by atomic mass is 10.00. The highest BCUT2D eigenvalue weighted by molar-refractivity contribution is 5.69. The molecule has 4 nitrogen and oxygen atoms in total. The maximum absolute atomic E-state index is 10.6. The first-order valence-electron chi connectivity index (χ1n) is 4.81. The van der Waals surface area contributed by atoms with Crippen LogP contribution in [0.1, 0.15) is 25.8 Å². The van der Waals surface area contributed by atoms with Crippen molar-refractivity contribution in [2.24, 2.45) is 0 Å². The normalized spacial score (nSPS) is 11.1. The summed E-state index contributed by atoms with van der Waals surface area (Å²) in [6.07, 6.45) is 3.51. The predicted molar refractivity (Wildman–Crippen MR) is 58.9 cm³/mol. The molecule has 0 aliphatic rings. The van der Waals surface area contributed by atoms with Crippen LogP contribution in [0.3, 0.4) is 0 Å². The highest BCUT2D eigenvalue weighted by Crippen LogP contribution is 2.20. The van der Waals surface area contributed by atoms with Crippen LogP contribution in [-0.4, -0.2) is 21.6 Å². The molecule has 0 fully saturated rings. The van der Waals surface area contributed by atoms with Gasteiger partial charge in [-0.2, -0.15) is 0 Å². The number of aromatic nitrogens is 1. The molecule has 1 rings (SSSR count). The minimum Gasteiger partial charge on any atom is -0.481 e. The Balaban J connectivity index is 2.77. The van der Waals surface area contributed by atoms with Gasteiger partial charge in [-0.25, -0.2) is 0 Å². The van der Waals surface area contributed by atoms with Crippen molar-refractivity contribution in [1.29, 1.82) is 0 Å². The van der Waals surface area contributed by atoms with E-state index in [1.165, 1.54) is 0 Å². The second-order valence-electron chi connectivity index (χ2n) is 4.27. The van der Waals surface area contributed by atoms with Gasteiger partial charge in [0.05, 0.1) is 6.42 Å². The third kappa shape index (κ3) is 3.58. The van der Waals surface area contributed by atoms with Gasteiger partial charge in [0.25, 0.3) is 0 Å². The quantitative estimate of drug-likeness (QED) is 0.795. The SMILES string of the molecule is Cc1cnccc1NC(C)(C)CC(=O)O. The van der Waals surface area contributed by atoms with E-state index in [1.54, 1.807) is 12.4 Å². The number of hydrogen-bond donors (Lipinski definition) is 2. The molecule has 0 saturated heterocycles. The third-order valence-electron chi connectivity index (χ3n) is 2.09. The smallest absolute Gasteiger partial charge is 0.305 e.